The highest BCUT2D eigenvalue weighted by molar-refractivity contribution is 6.04. The van der Waals surface area contributed by atoms with Crippen LogP contribution in [0.15, 0.2) is 78.9 Å². The van der Waals surface area contributed by atoms with Crippen LogP contribution < -0.4 is 15.4 Å². The van der Waals surface area contributed by atoms with Crippen LogP contribution in [0, 0.1) is 0 Å². The molecule has 2 N–H and O–H groups in total. The number of anilines is 2. The van der Waals surface area contributed by atoms with Crippen LogP contribution >= 0.6 is 0 Å². The van der Waals surface area contributed by atoms with E-state index >= 15 is 0 Å². The summed E-state index contributed by atoms with van der Waals surface area (Å²) >= 11 is 0. The molecule has 154 valence electrons. The number of rotatable bonds is 6. The predicted molar refractivity (Wildman–Crippen MR) is 120 cm³/mol. The van der Waals surface area contributed by atoms with Crippen LogP contribution in [0.4, 0.5) is 11.4 Å². The van der Waals surface area contributed by atoms with E-state index in [4.69, 9.17) is 4.74 Å². The molecular weight excluding hydrogens is 376 g/mol. The fraction of sp³-hybridized carbons (Fsp3) is 0.200. The number of carbonyl (C=O) groups excluding carboxylic acids is 2. The third-order valence-electron chi connectivity index (χ3n) is 4.53. The number of nitrogens with one attached hydrogen (secondary N) is 2. The Morgan fingerprint density at radius 1 is 0.800 bits per heavy atom. The fourth-order valence-corrected chi connectivity index (χ4v) is 2.86. The number of amides is 2. The van der Waals surface area contributed by atoms with Crippen molar-refractivity contribution in [3.05, 3.63) is 90.0 Å². The van der Waals surface area contributed by atoms with E-state index in [2.05, 4.69) is 31.4 Å². The summed E-state index contributed by atoms with van der Waals surface area (Å²) in [6.45, 7) is 6.33. The third-order valence-corrected chi connectivity index (χ3v) is 4.53. The molecule has 0 heterocycles. The van der Waals surface area contributed by atoms with Crippen molar-refractivity contribution in [3.63, 3.8) is 0 Å². The molecule has 3 aromatic rings. The first-order valence-corrected chi connectivity index (χ1v) is 9.81. The van der Waals surface area contributed by atoms with Gasteiger partial charge in [-0.3, -0.25) is 9.59 Å². The van der Waals surface area contributed by atoms with Gasteiger partial charge >= 0.3 is 0 Å². The van der Waals surface area contributed by atoms with E-state index in [1.54, 1.807) is 36.4 Å². The van der Waals surface area contributed by atoms with Crippen molar-refractivity contribution in [2.75, 3.05) is 17.2 Å². The number of ether oxygens (including phenoxy) is 1. The van der Waals surface area contributed by atoms with Crippen molar-refractivity contribution in [1.29, 1.82) is 0 Å². The number of benzene rings is 3. The average Bonchev–Trinajstić information content (AvgIpc) is 2.73. The Kier molecular flexibility index (Phi) is 6.52. The molecule has 0 aliphatic carbocycles. The summed E-state index contributed by atoms with van der Waals surface area (Å²) in [4.78, 5) is 24.5. The minimum atomic E-state index is -0.276. The fourth-order valence-electron chi connectivity index (χ4n) is 2.86. The summed E-state index contributed by atoms with van der Waals surface area (Å²) in [6.07, 6.45) is 0. The van der Waals surface area contributed by atoms with Crippen LogP contribution in [0.2, 0.25) is 0 Å². The molecule has 0 unspecified atom stereocenters. The summed E-state index contributed by atoms with van der Waals surface area (Å²) in [7, 11) is 0. The highest BCUT2D eigenvalue weighted by Gasteiger charge is 2.13. The van der Waals surface area contributed by atoms with Gasteiger partial charge in [0.05, 0.1) is 0 Å². The summed E-state index contributed by atoms with van der Waals surface area (Å²) in [5.74, 6) is 0.157. The summed E-state index contributed by atoms with van der Waals surface area (Å²) in [5, 5.41) is 5.61. The van der Waals surface area contributed by atoms with Gasteiger partial charge in [-0.25, -0.2) is 0 Å². The monoisotopic (exact) mass is 402 g/mol. The van der Waals surface area contributed by atoms with Crippen LogP contribution in [-0.2, 0) is 10.2 Å². The second-order valence-electron chi connectivity index (χ2n) is 8.01. The van der Waals surface area contributed by atoms with Crippen molar-refractivity contribution in [2.24, 2.45) is 0 Å². The van der Waals surface area contributed by atoms with Crippen LogP contribution in [0.5, 0.6) is 5.75 Å². The molecule has 3 rings (SSSR count). The molecule has 0 fully saturated rings. The molecule has 0 saturated heterocycles. The molecule has 0 aliphatic heterocycles. The van der Waals surface area contributed by atoms with E-state index in [9.17, 15) is 9.59 Å². The van der Waals surface area contributed by atoms with Gasteiger partial charge in [0.25, 0.3) is 11.8 Å². The van der Waals surface area contributed by atoms with E-state index in [0.29, 0.717) is 22.7 Å². The molecule has 0 atom stereocenters. The molecule has 3 aromatic carbocycles. The molecular formula is C25H26N2O3. The zero-order valence-corrected chi connectivity index (χ0v) is 17.4. The molecule has 0 bridgehead atoms. The second kappa shape index (κ2) is 9.27. The van der Waals surface area contributed by atoms with Gasteiger partial charge < -0.3 is 15.4 Å². The molecule has 2 amide bonds. The number of hydrogen-bond donors (Lipinski definition) is 2. The van der Waals surface area contributed by atoms with E-state index in [1.807, 2.05) is 42.5 Å². The van der Waals surface area contributed by atoms with Gasteiger partial charge in [0, 0.05) is 16.9 Å². The molecule has 5 heteroatoms. The summed E-state index contributed by atoms with van der Waals surface area (Å²) < 4.78 is 5.58. The van der Waals surface area contributed by atoms with Crippen molar-refractivity contribution >= 4 is 23.2 Å². The molecule has 0 radical (unpaired) electrons. The van der Waals surface area contributed by atoms with Gasteiger partial charge in [0.1, 0.15) is 5.75 Å². The largest absolute Gasteiger partial charge is 0.484 e. The van der Waals surface area contributed by atoms with Gasteiger partial charge in [-0.05, 0) is 53.4 Å². The van der Waals surface area contributed by atoms with Gasteiger partial charge in [-0.1, -0.05) is 57.2 Å². The third kappa shape index (κ3) is 5.95. The topological polar surface area (TPSA) is 67.4 Å². The maximum atomic E-state index is 12.3. The Balaban J connectivity index is 1.54. The highest BCUT2D eigenvalue weighted by Crippen LogP contribution is 2.24. The lowest BCUT2D eigenvalue weighted by molar-refractivity contribution is -0.118. The highest BCUT2D eigenvalue weighted by atomic mass is 16.5. The van der Waals surface area contributed by atoms with Crippen molar-refractivity contribution in [3.8, 4) is 5.75 Å². The first-order valence-electron chi connectivity index (χ1n) is 9.81. The lowest BCUT2D eigenvalue weighted by Gasteiger charge is -2.19. The quantitative estimate of drug-likeness (QED) is 0.591. The molecule has 5 nitrogen and oxygen atoms in total. The van der Waals surface area contributed by atoms with Crippen LogP contribution in [-0.4, -0.2) is 18.4 Å². The minimum absolute atomic E-state index is 0.0663. The van der Waals surface area contributed by atoms with Gasteiger partial charge in [0.15, 0.2) is 6.61 Å². The Hall–Kier alpha value is -3.60. The molecule has 0 spiro atoms. The second-order valence-corrected chi connectivity index (χ2v) is 8.01. The maximum Gasteiger partial charge on any atom is 0.262 e. The van der Waals surface area contributed by atoms with E-state index in [-0.39, 0.29) is 23.8 Å². The lowest BCUT2D eigenvalue weighted by atomic mass is 9.87. The lowest BCUT2D eigenvalue weighted by Crippen LogP contribution is -2.20. The molecule has 0 aliphatic rings. The Bertz CT molecular complexity index is 1010. The standard InChI is InChI=1S/C25H26N2O3/c1-25(2,3)19-12-14-22(15-13-19)30-17-23(28)26-20-10-7-11-21(16-20)27-24(29)18-8-5-4-6-9-18/h4-16H,17H2,1-3H3,(H,26,28)(H,27,29). The van der Waals surface area contributed by atoms with E-state index in [1.165, 1.54) is 5.56 Å². The number of hydrogen-bond acceptors (Lipinski definition) is 3. The van der Waals surface area contributed by atoms with Crippen LogP contribution in [0.1, 0.15) is 36.7 Å². The van der Waals surface area contributed by atoms with Crippen molar-refractivity contribution < 1.29 is 14.3 Å². The first kappa shape index (κ1) is 21.1. The predicted octanol–water partition coefficient (Wildman–Crippen LogP) is 5.25. The Morgan fingerprint density at radius 2 is 1.43 bits per heavy atom. The normalized spacial score (nSPS) is 10.9. The Labute approximate surface area is 177 Å². The average molecular weight is 402 g/mol. The number of carbonyl (C=O) groups is 2. The van der Waals surface area contributed by atoms with E-state index in [0.717, 1.165) is 0 Å². The summed E-state index contributed by atoms with van der Waals surface area (Å²) in [5.41, 5.74) is 3.01. The smallest absolute Gasteiger partial charge is 0.262 e. The molecule has 0 aromatic heterocycles. The Morgan fingerprint density at radius 3 is 2.07 bits per heavy atom. The zero-order chi connectivity index (χ0) is 21.6. The van der Waals surface area contributed by atoms with Crippen molar-refractivity contribution in [2.45, 2.75) is 26.2 Å². The van der Waals surface area contributed by atoms with Gasteiger partial charge in [-0.15, -0.1) is 0 Å². The molecule has 30 heavy (non-hydrogen) atoms. The van der Waals surface area contributed by atoms with Crippen molar-refractivity contribution in [1.82, 2.24) is 0 Å². The van der Waals surface area contributed by atoms with E-state index < -0.39 is 0 Å². The maximum absolute atomic E-state index is 12.3. The zero-order valence-electron chi connectivity index (χ0n) is 17.4. The van der Waals surface area contributed by atoms with Crippen LogP contribution in [0.25, 0.3) is 0 Å². The van der Waals surface area contributed by atoms with Gasteiger partial charge in [0.2, 0.25) is 0 Å². The first-order chi connectivity index (χ1) is 14.3. The summed E-state index contributed by atoms with van der Waals surface area (Å²) in [6, 6.07) is 23.7. The van der Waals surface area contributed by atoms with Gasteiger partial charge in [-0.2, -0.15) is 0 Å². The minimum Gasteiger partial charge on any atom is -0.484 e. The molecule has 0 saturated carbocycles. The SMILES string of the molecule is CC(C)(C)c1ccc(OCC(=O)Nc2cccc(NC(=O)c3ccccc3)c2)cc1. The van der Waals surface area contributed by atoms with Crippen LogP contribution in [0.3, 0.4) is 0 Å².